The smallest absolute Gasteiger partial charge is 0.167 e. The molecular weight excluding hydrogens is 292 g/mol. The van der Waals surface area contributed by atoms with E-state index in [1.54, 1.807) is 48.5 Å². The number of rotatable bonds is 3. The number of hydrogen-bond donors (Lipinski definition) is 0. The molecule has 0 N–H and O–H groups in total. The molecular formula is C20H15F2N. The summed E-state index contributed by atoms with van der Waals surface area (Å²) in [6, 6.07) is 17.4. The van der Waals surface area contributed by atoms with E-state index < -0.39 is 11.6 Å². The topological polar surface area (TPSA) is 12.4 Å². The molecule has 0 saturated heterocycles. The lowest BCUT2D eigenvalue weighted by Crippen LogP contribution is -1.94. The van der Waals surface area contributed by atoms with Crippen molar-refractivity contribution >= 4 is 12.4 Å². The van der Waals surface area contributed by atoms with Gasteiger partial charge in [0.1, 0.15) is 0 Å². The number of benzene rings is 3. The molecule has 1 nitrogen and oxygen atoms in total. The first-order chi connectivity index (χ1) is 11.1. The average Bonchev–Trinajstić information content (AvgIpc) is 2.58. The zero-order valence-corrected chi connectivity index (χ0v) is 12.7. The van der Waals surface area contributed by atoms with Gasteiger partial charge in [-0.3, -0.25) is 4.99 Å². The van der Waals surface area contributed by atoms with Gasteiger partial charge in [0, 0.05) is 11.1 Å². The highest BCUT2D eigenvalue weighted by Gasteiger charge is 2.15. The Morgan fingerprint density at radius 1 is 0.696 bits per heavy atom. The normalized spacial score (nSPS) is 10.6. The first-order valence-electron chi connectivity index (χ1n) is 7.22. The van der Waals surface area contributed by atoms with Gasteiger partial charge in [0.25, 0.3) is 0 Å². The Kier molecular flexibility index (Phi) is 4.02. The van der Waals surface area contributed by atoms with Crippen LogP contribution in [0.4, 0.5) is 14.5 Å². The minimum Gasteiger partial charge on any atom is -0.265 e. The summed E-state index contributed by atoms with van der Waals surface area (Å²) in [5, 5.41) is 0. The van der Waals surface area contributed by atoms with Gasteiger partial charge in [0.15, 0.2) is 11.6 Å². The van der Waals surface area contributed by atoms with Crippen molar-refractivity contribution in [1.29, 1.82) is 0 Å². The fourth-order valence-corrected chi connectivity index (χ4v) is 2.47. The molecule has 0 unspecified atom stereocenters. The number of aryl methyl sites for hydroxylation is 1. The minimum atomic E-state index is -0.845. The molecule has 0 fully saturated rings. The zero-order valence-electron chi connectivity index (χ0n) is 12.7. The molecule has 3 aromatic rings. The quantitative estimate of drug-likeness (QED) is 0.531. The van der Waals surface area contributed by atoms with Crippen molar-refractivity contribution in [3.8, 4) is 22.3 Å². The molecule has 0 aliphatic rings. The SMILES string of the molecule is C=Nc1ccc(-c2ccc(-c3ccc(C)cc3)c(F)c2F)cc1. The van der Waals surface area contributed by atoms with Crippen LogP contribution in [0.15, 0.2) is 65.7 Å². The van der Waals surface area contributed by atoms with Gasteiger partial charge in [-0.15, -0.1) is 0 Å². The third kappa shape index (κ3) is 2.90. The minimum absolute atomic E-state index is 0.231. The maximum absolute atomic E-state index is 14.5. The third-order valence-electron chi connectivity index (χ3n) is 3.81. The Morgan fingerprint density at radius 2 is 1.13 bits per heavy atom. The van der Waals surface area contributed by atoms with Crippen LogP contribution in [0, 0.1) is 18.6 Å². The molecule has 3 heteroatoms. The summed E-state index contributed by atoms with van der Waals surface area (Å²) in [6.07, 6.45) is 0. The van der Waals surface area contributed by atoms with E-state index in [0.717, 1.165) is 5.56 Å². The Morgan fingerprint density at radius 3 is 1.57 bits per heavy atom. The van der Waals surface area contributed by atoms with E-state index in [1.165, 1.54) is 0 Å². The molecule has 0 spiro atoms. The van der Waals surface area contributed by atoms with Crippen LogP contribution in [0.25, 0.3) is 22.3 Å². The summed E-state index contributed by atoms with van der Waals surface area (Å²) < 4.78 is 29.0. The highest BCUT2D eigenvalue weighted by molar-refractivity contribution is 5.72. The van der Waals surface area contributed by atoms with Gasteiger partial charge in [0.05, 0.1) is 5.69 Å². The summed E-state index contributed by atoms with van der Waals surface area (Å²) >= 11 is 0. The van der Waals surface area contributed by atoms with E-state index in [9.17, 15) is 8.78 Å². The lowest BCUT2D eigenvalue weighted by atomic mass is 9.98. The molecule has 0 saturated carbocycles. The van der Waals surface area contributed by atoms with Crippen LogP contribution in [0.2, 0.25) is 0 Å². The summed E-state index contributed by atoms with van der Waals surface area (Å²) in [5.74, 6) is -1.68. The summed E-state index contributed by atoms with van der Waals surface area (Å²) in [4.78, 5) is 3.79. The highest BCUT2D eigenvalue weighted by Crippen LogP contribution is 2.32. The molecule has 3 rings (SSSR count). The van der Waals surface area contributed by atoms with E-state index in [1.807, 2.05) is 19.1 Å². The van der Waals surface area contributed by atoms with E-state index in [0.29, 0.717) is 16.8 Å². The average molecular weight is 307 g/mol. The molecule has 114 valence electrons. The molecule has 3 aromatic carbocycles. The first kappa shape index (κ1) is 15.1. The van der Waals surface area contributed by atoms with Crippen molar-refractivity contribution < 1.29 is 8.78 Å². The lowest BCUT2D eigenvalue weighted by Gasteiger charge is -2.09. The number of aliphatic imine (C=N–C) groups is 1. The Labute approximate surface area is 134 Å². The van der Waals surface area contributed by atoms with Gasteiger partial charge < -0.3 is 0 Å². The lowest BCUT2D eigenvalue weighted by molar-refractivity contribution is 0.514. The molecule has 0 aliphatic heterocycles. The van der Waals surface area contributed by atoms with Gasteiger partial charge in [-0.1, -0.05) is 54.1 Å². The van der Waals surface area contributed by atoms with E-state index in [4.69, 9.17) is 0 Å². The molecule has 0 aliphatic carbocycles. The van der Waals surface area contributed by atoms with Crippen LogP contribution in [0.1, 0.15) is 5.56 Å². The molecule has 23 heavy (non-hydrogen) atoms. The summed E-state index contributed by atoms with van der Waals surface area (Å²) in [7, 11) is 0. The second-order valence-electron chi connectivity index (χ2n) is 5.36. The van der Waals surface area contributed by atoms with Crippen LogP contribution in [0.3, 0.4) is 0 Å². The van der Waals surface area contributed by atoms with Crippen molar-refractivity contribution in [3.05, 3.63) is 77.9 Å². The van der Waals surface area contributed by atoms with Gasteiger partial charge in [-0.05, 0) is 36.9 Å². The van der Waals surface area contributed by atoms with Crippen molar-refractivity contribution in [2.75, 3.05) is 0 Å². The van der Waals surface area contributed by atoms with Crippen LogP contribution in [-0.4, -0.2) is 6.72 Å². The van der Waals surface area contributed by atoms with Gasteiger partial charge >= 0.3 is 0 Å². The van der Waals surface area contributed by atoms with Gasteiger partial charge in [-0.25, -0.2) is 8.78 Å². The maximum Gasteiger partial charge on any atom is 0.167 e. The number of nitrogens with zero attached hydrogens (tertiary/aromatic N) is 1. The Bertz CT molecular complexity index is 850. The monoisotopic (exact) mass is 307 g/mol. The molecule has 0 aromatic heterocycles. The predicted molar refractivity (Wildman–Crippen MR) is 91.2 cm³/mol. The standard InChI is InChI=1S/C20H15F2N/c1-13-3-5-14(6-4-13)17-11-12-18(20(22)19(17)21)15-7-9-16(23-2)10-8-15/h3-12H,2H2,1H3. The van der Waals surface area contributed by atoms with Crippen LogP contribution in [-0.2, 0) is 0 Å². The summed E-state index contributed by atoms with van der Waals surface area (Å²) in [5.41, 5.74) is 3.51. The fraction of sp³-hybridized carbons (Fsp3) is 0.0500. The molecule has 0 bridgehead atoms. The maximum atomic E-state index is 14.5. The third-order valence-corrected chi connectivity index (χ3v) is 3.81. The number of hydrogen-bond acceptors (Lipinski definition) is 1. The second kappa shape index (κ2) is 6.13. The van der Waals surface area contributed by atoms with Crippen LogP contribution >= 0.6 is 0 Å². The van der Waals surface area contributed by atoms with Gasteiger partial charge in [-0.2, -0.15) is 0 Å². The molecule has 0 heterocycles. The largest absolute Gasteiger partial charge is 0.265 e. The van der Waals surface area contributed by atoms with Gasteiger partial charge in [0.2, 0.25) is 0 Å². The zero-order chi connectivity index (χ0) is 16.4. The Hall–Kier alpha value is -2.81. The van der Waals surface area contributed by atoms with Crippen LogP contribution in [0.5, 0.6) is 0 Å². The van der Waals surface area contributed by atoms with E-state index >= 15 is 0 Å². The Balaban J connectivity index is 2.06. The van der Waals surface area contributed by atoms with Crippen molar-refractivity contribution in [1.82, 2.24) is 0 Å². The fourth-order valence-electron chi connectivity index (χ4n) is 2.47. The molecule has 0 atom stereocenters. The van der Waals surface area contributed by atoms with Crippen molar-refractivity contribution in [3.63, 3.8) is 0 Å². The molecule has 0 amide bonds. The molecule has 0 radical (unpaired) electrons. The highest BCUT2D eigenvalue weighted by atomic mass is 19.2. The van der Waals surface area contributed by atoms with Crippen molar-refractivity contribution in [2.24, 2.45) is 4.99 Å². The summed E-state index contributed by atoms with van der Waals surface area (Å²) in [6.45, 7) is 5.38. The van der Waals surface area contributed by atoms with Crippen molar-refractivity contribution in [2.45, 2.75) is 6.92 Å². The van der Waals surface area contributed by atoms with E-state index in [-0.39, 0.29) is 11.1 Å². The number of halogens is 2. The first-order valence-corrected chi connectivity index (χ1v) is 7.22. The predicted octanol–water partition coefficient (Wildman–Crippen LogP) is 5.94. The van der Waals surface area contributed by atoms with Crippen LogP contribution < -0.4 is 0 Å². The second-order valence-corrected chi connectivity index (χ2v) is 5.36. The van der Waals surface area contributed by atoms with E-state index in [2.05, 4.69) is 11.7 Å².